The molecule has 0 bridgehead atoms. The quantitative estimate of drug-likeness (QED) is 0.677. The minimum Gasteiger partial charge on any atom is -0.381 e. The molecule has 7 rings (SSSR count). The molecule has 6 nitrogen and oxygen atoms in total. The molecule has 1 aromatic carbocycles. The summed E-state index contributed by atoms with van der Waals surface area (Å²) in [7, 11) is 0. The van der Waals surface area contributed by atoms with Crippen molar-refractivity contribution in [2.75, 3.05) is 31.6 Å². The van der Waals surface area contributed by atoms with Crippen LogP contribution in [-0.2, 0) is 11.2 Å². The summed E-state index contributed by atoms with van der Waals surface area (Å²) in [4.78, 5) is 15.5. The molecule has 1 saturated carbocycles. The van der Waals surface area contributed by atoms with Crippen molar-refractivity contribution in [3.63, 3.8) is 0 Å². The van der Waals surface area contributed by atoms with Gasteiger partial charge in [-0.2, -0.15) is 0 Å². The summed E-state index contributed by atoms with van der Waals surface area (Å²) in [6.07, 6.45) is 6.59. The zero-order valence-corrected chi connectivity index (χ0v) is 17.8. The number of aromatic nitrogens is 3. The van der Waals surface area contributed by atoms with Gasteiger partial charge in [0.2, 0.25) is 0 Å². The van der Waals surface area contributed by atoms with Crippen LogP contribution in [-0.4, -0.2) is 52.2 Å². The number of likely N-dealkylation sites (tertiary alicyclic amines) is 1. The maximum Gasteiger partial charge on any atom is 0.143 e. The number of aryl methyl sites for hydroxylation is 1. The van der Waals surface area contributed by atoms with E-state index in [2.05, 4.69) is 50.5 Å². The number of aromatic amines is 1. The zero-order valence-electron chi connectivity index (χ0n) is 17.8. The van der Waals surface area contributed by atoms with E-state index in [9.17, 15) is 0 Å². The molecule has 31 heavy (non-hydrogen) atoms. The molecule has 4 heterocycles. The lowest BCUT2D eigenvalue weighted by Crippen LogP contribution is -2.44. The minimum absolute atomic E-state index is 0.238. The van der Waals surface area contributed by atoms with Crippen LogP contribution < -0.4 is 5.32 Å². The molecule has 0 spiro atoms. The Morgan fingerprint density at radius 3 is 2.71 bits per heavy atom. The third-order valence-electron chi connectivity index (χ3n) is 7.98. The van der Waals surface area contributed by atoms with Crippen LogP contribution in [0.5, 0.6) is 0 Å². The molecular weight excluding hydrogens is 386 g/mol. The van der Waals surface area contributed by atoms with Crippen molar-refractivity contribution in [2.24, 2.45) is 11.8 Å². The zero-order chi connectivity index (χ0) is 20.4. The molecule has 2 aliphatic carbocycles. The molecule has 2 N–H and O–H groups in total. The van der Waals surface area contributed by atoms with Crippen molar-refractivity contribution in [1.82, 2.24) is 19.9 Å². The first-order valence-corrected chi connectivity index (χ1v) is 11.8. The second-order valence-electron chi connectivity index (χ2n) is 9.92. The fraction of sp³-hybridized carbons (Fsp3) is 0.520. The largest absolute Gasteiger partial charge is 0.381 e. The number of hydrogen-bond acceptors (Lipinski definition) is 5. The number of H-pyrrole nitrogens is 1. The maximum atomic E-state index is 5.74. The Balaban J connectivity index is 1.25. The van der Waals surface area contributed by atoms with Crippen molar-refractivity contribution >= 4 is 16.9 Å². The Morgan fingerprint density at radius 2 is 1.87 bits per heavy atom. The number of anilines is 1. The van der Waals surface area contributed by atoms with E-state index in [-0.39, 0.29) is 6.04 Å². The molecular formula is C25H29N5O. The molecule has 160 valence electrons. The van der Waals surface area contributed by atoms with Crippen molar-refractivity contribution in [3.05, 3.63) is 53.5 Å². The van der Waals surface area contributed by atoms with Gasteiger partial charge in [0.1, 0.15) is 17.8 Å². The average Bonchev–Trinajstić information content (AvgIpc) is 3.20. The predicted molar refractivity (Wildman–Crippen MR) is 120 cm³/mol. The second kappa shape index (κ2) is 7.04. The first-order valence-electron chi connectivity index (χ1n) is 11.8. The van der Waals surface area contributed by atoms with E-state index < -0.39 is 0 Å². The molecule has 0 unspecified atom stereocenters. The van der Waals surface area contributed by atoms with Gasteiger partial charge in [-0.1, -0.05) is 24.3 Å². The number of ether oxygens (including phenoxy) is 1. The summed E-state index contributed by atoms with van der Waals surface area (Å²) < 4.78 is 5.74. The smallest absolute Gasteiger partial charge is 0.143 e. The Labute approximate surface area is 182 Å². The fourth-order valence-electron chi connectivity index (χ4n) is 6.14. The highest BCUT2D eigenvalue weighted by Gasteiger charge is 2.43. The van der Waals surface area contributed by atoms with Crippen molar-refractivity contribution in [1.29, 1.82) is 0 Å². The highest BCUT2D eigenvalue weighted by molar-refractivity contribution is 5.88. The second-order valence-corrected chi connectivity index (χ2v) is 9.92. The van der Waals surface area contributed by atoms with Gasteiger partial charge >= 0.3 is 0 Å². The van der Waals surface area contributed by atoms with Crippen LogP contribution in [0.25, 0.3) is 11.0 Å². The van der Waals surface area contributed by atoms with E-state index in [4.69, 9.17) is 9.72 Å². The normalized spacial score (nSPS) is 30.5. The van der Waals surface area contributed by atoms with Crippen LogP contribution >= 0.6 is 0 Å². The van der Waals surface area contributed by atoms with Gasteiger partial charge in [-0.15, -0.1) is 0 Å². The Kier molecular flexibility index (Phi) is 4.12. The van der Waals surface area contributed by atoms with E-state index in [0.717, 1.165) is 49.6 Å². The standard InChI is InChI=1S/C25H29N5O/c1-2-4-19-15(3-1)7-8-22(30-10-17-12-31-13-18(17)11-30)23(19)29-25-20-9-21(16-5-6-16)28-24(20)26-14-27-25/h1-4,9,14,16-18,22-23H,5-8,10-13H2,(H2,26,27,28,29)/t17-,18-,22+,23+/m1/s1. The Bertz CT molecular complexity index is 1110. The Hall–Kier alpha value is -2.44. The number of nitrogens with zero attached hydrogens (tertiary/aromatic N) is 3. The first kappa shape index (κ1) is 18.2. The lowest BCUT2D eigenvalue weighted by atomic mass is 9.83. The van der Waals surface area contributed by atoms with Crippen LogP contribution in [0.3, 0.4) is 0 Å². The SMILES string of the molecule is c1ccc2c(c1)CC[C@H](N1C[C@@H]3COC[C@H]3C1)[C@H]2Nc1ncnc2[nH]c(C3CC3)cc12. The molecule has 2 aromatic heterocycles. The van der Waals surface area contributed by atoms with E-state index in [0.29, 0.717) is 23.8 Å². The molecule has 0 radical (unpaired) electrons. The van der Waals surface area contributed by atoms with Gasteiger partial charge in [0.25, 0.3) is 0 Å². The molecule has 4 atom stereocenters. The van der Waals surface area contributed by atoms with Gasteiger partial charge in [-0.25, -0.2) is 9.97 Å². The van der Waals surface area contributed by atoms with Gasteiger partial charge < -0.3 is 15.0 Å². The topological polar surface area (TPSA) is 66.1 Å². The molecule has 0 amide bonds. The summed E-state index contributed by atoms with van der Waals surface area (Å²) in [5.41, 5.74) is 5.16. The van der Waals surface area contributed by atoms with Crippen molar-refractivity contribution < 1.29 is 4.74 Å². The molecule has 2 saturated heterocycles. The van der Waals surface area contributed by atoms with Gasteiger partial charge in [-0.05, 0) is 48.8 Å². The summed E-state index contributed by atoms with van der Waals surface area (Å²) in [5.74, 6) is 3.04. The number of nitrogens with one attached hydrogen (secondary N) is 2. The Morgan fingerprint density at radius 1 is 1.03 bits per heavy atom. The third-order valence-corrected chi connectivity index (χ3v) is 7.98. The van der Waals surface area contributed by atoms with Gasteiger partial charge in [0.05, 0.1) is 24.6 Å². The summed E-state index contributed by atoms with van der Waals surface area (Å²) in [6.45, 7) is 4.18. The van der Waals surface area contributed by atoms with E-state index in [1.165, 1.54) is 36.1 Å². The van der Waals surface area contributed by atoms with E-state index in [1.54, 1.807) is 6.33 Å². The molecule has 2 aliphatic heterocycles. The van der Waals surface area contributed by atoms with Crippen molar-refractivity contribution in [3.8, 4) is 0 Å². The summed E-state index contributed by atoms with van der Waals surface area (Å²) in [6, 6.07) is 11.9. The van der Waals surface area contributed by atoms with Crippen LogP contribution in [0.15, 0.2) is 36.7 Å². The number of hydrogen-bond donors (Lipinski definition) is 2. The van der Waals surface area contributed by atoms with Gasteiger partial charge in [-0.3, -0.25) is 4.90 Å². The molecule has 4 aliphatic rings. The van der Waals surface area contributed by atoms with Crippen LogP contribution in [0, 0.1) is 11.8 Å². The third kappa shape index (κ3) is 3.07. The van der Waals surface area contributed by atoms with Gasteiger partial charge in [0.15, 0.2) is 0 Å². The first-order chi connectivity index (χ1) is 15.3. The van der Waals surface area contributed by atoms with Crippen LogP contribution in [0.1, 0.15) is 48.0 Å². The van der Waals surface area contributed by atoms with Crippen molar-refractivity contribution in [2.45, 2.75) is 43.7 Å². The molecule has 3 aromatic rings. The highest BCUT2D eigenvalue weighted by Crippen LogP contribution is 2.43. The maximum absolute atomic E-state index is 5.74. The predicted octanol–water partition coefficient (Wildman–Crippen LogP) is 3.88. The van der Waals surface area contributed by atoms with Crippen LogP contribution in [0.2, 0.25) is 0 Å². The lowest BCUT2D eigenvalue weighted by molar-refractivity contribution is 0.127. The number of rotatable bonds is 4. The number of benzene rings is 1. The molecule has 3 fully saturated rings. The van der Waals surface area contributed by atoms with E-state index >= 15 is 0 Å². The van der Waals surface area contributed by atoms with Crippen LogP contribution in [0.4, 0.5) is 5.82 Å². The molecule has 6 heteroatoms. The minimum atomic E-state index is 0.238. The summed E-state index contributed by atoms with van der Waals surface area (Å²) >= 11 is 0. The lowest BCUT2D eigenvalue weighted by Gasteiger charge is -2.40. The number of fused-ring (bicyclic) bond motifs is 3. The van der Waals surface area contributed by atoms with E-state index in [1.807, 2.05) is 0 Å². The monoisotopic (exact) mass is 415 g/mol. The summed E-state index contributed by atoms with van der Waals surface area (Å²) in [5, 5.41) is 5.02. The average molecular weight is 416 g/mol. The highest BCUT2D eigenvalue weighted by atomic mass is 16.5. The fourth-order valence-corrected chi connectivity index (χ4v) is 6.14. The van der Waals surface area contributed by atoms with Gasteiger partial charge in [0, 0.05) is 36.7 Å².